The fraction of sp³-hybridized carbons (Fsp3) is 0.333. The van der Waals surface area contributed by atoms with Crippen LogP contribution in [0.5, 0.6) is 23.1 Å². The maximum absolute atomic E-state index is 13.7. The number of nitrogens with zero attached hydrogens (tertiary/aromatic N) is 1. The summed E-state index contributed by atoms with van der Waals surface area (Å²) in [4.78, 5) is 29.1. The molecule has 2 aromatic carbocycles. The quantitative estimate of drug-likeness (QED) is 0.585. The topological polar surface area (TPSA) is 110 Å². The number of methoxy groups -OCH3 is 1. The molecule has 2 atom stereocenters. The molecule has 0 saturated carbocycles. The van der Waals surface area contributed by atoms with E-state index in [1.165, 1.54) is 7.11 Å². The number of H-pyrrole nitrogens is 1. The molecular weight excluding hydrogens is 426 g/mol. The van der Waals surface area contributed by atoms with Crippen molar-refractivity contribution in [2.45, 2.75) is 26.3 Å². The van der Waals surface area contributed by atoms with Crippen LogP contribution in [0.1, 0.15) is 33.9 Å². The minimum absolute atomic E-state index is 0.0107. The molecule has 0 radical (unpaired) electrons. The van der Waals surface area contributed by atoms with Crippen LogP contribution in [0.3, 0.4) is 0 Å². The molecule has 1 aromatic heterocycles. The summed E-state index contributed by atoms with van der Waals surface area (Å²) >= 11 is 0. The monoisotopic (exact) mass is 451 g/mol. The lowest BCUT2D eigenvalue weighted by Crippen LogP contribution is -3.10. The first kappa shape index (κ1) is 21.1. The third-order valence-corrected chi connectivity index (χ3v) is 6.66. The number of aromatic nitrogens is 2. The van der Waals surface area contributed by atoms with E-state index in [0.717, 1.165) is 26.2 Å². The summed E-state index contributed by atoms with van der Waals surface area (Å²) < 4.78 is 17.9. The molecule has 0 saturated heterocycles. The van der Waals surface area contributed by atoms with Gasteiger partial charge in [-0.05, 0) is 54.6 Å². The summed E-state index contributed by atoms with van der Waals surface area (Å²) in [5.41, 5.74) is 2.56. The smallest absolute Gasteiger partial charge is 0.332 e. The van der Waals surface area contributed by atoms with Gasteiger partial charge in [-0.2, -0.15) is 0 Å². The number of rotatable bonds is 3. The number of quaternary nitrogens is 1. The van der Waals surface area contributed by atoms with Gasteiger partial charge < -0.3 is 24.2 Å². The minimum atomic E-state index is -0.761. The van der Waals surface area contributed by atoms with Crippen LogP contribution >= 0.6 is 0 Å². The van der Waals surface area contributed by atoms with Crippen LogP contribution in [-0.2, 0) is 6.42 Å². The Morgan fingerprint density at radius 2 is 1.94 bits per heavy atom. The summed E-state index contributed by atoms with van der Waals surface area (Å²) in [7, 11) is 3.44. The third-order valence-electron chi connectivity index (χ3n) is 6.66. The van der Waals surface area contributed by atoms with Gasteiger partial charge in [0, 0.05) is 12.1 Å². The number of hydrogen-bond acceptors (Lipinski definition) is 6. The van der Waals surface area contributed by atoms with Crippen molar-refractivity contribution in [3.63, 3.8) is 0 Å². The molecule has 3 aromatic rings. The second kappa shape index (κ2) is 7.70. The van der Waals surface area contributed by atoms with Crippen molar-refractivity contribution in [2.75, 3.05) is 27.5 Å². The molecule has 3 heterocycles. The van der Waals surface area contributed by atoms with E-state index < -0.39 is 23.2 Å². The lowest BCUT2D eigenvalue weighted by Gasteiger charge is -2.35. The summed E-state index contributed by atoms with van der Waals surface area (Å²) in [6, 6.07) is 6.56. The first-order valence-corrected chi connectivity index (χ1v) is 10.8. The Morgan fingerprint density at radius 1 is 1.15 bits per heavy atom. The van der Waals surface area contributed by atoms with Gasteiger partial charge in [0.2, 0.25) is 12.5 Å². The van der Waals surface area contributed by atoms with Gasteiger partial charge in [-0.25, -0.2) is 4.79 Å². The average Bonchev–Trinajstić information content (AvgIpc) is 3.24. The highest BCUT2D eigenvalue weighted by Crippen LogP contribution is 2.48. The van der Waals surface area contributed by atoms with E-state index in [1.54, 1.807) is 12.1 Å². The van der Waals surface area contributed by atoms with Gasteiger partial charge in [-0.1, -0.05) is 6.07 Å². The first-order valence-electron chi connectivity index (χ1n) is 10.8. The van der Waals surface area contributed by atoms with E-state index in [1.807, 2.05) is 33.0 Å². The number of aromatic amines is 1. The van der Waals surface area contributed by atoms with Crippen molar-refractivity contribution in [3.8, 4) is 28.8 Å². The van der Waals surface area contributed by atoms with Crippen LogP contribution < -0.4 is 35.5 Å². The molecule has 2 N–H and O–H groups in total. The average molecular weight is 451 g/mol. The Balaban J connectivity index is 1.79. The summed E-state index contributed by atoms with van der Waals surface area (Å²) in [5.74, 6) is 0.860. The van der Waals surface area contributed by atoms with Crippen molar-refractivity contribution >= 4 is 0 Å². The van der Waals surface area contributed by atoms with E-state index in [9.17, 15) is 14.7 Å². The highest BCUT2D eigenvalue weighted by atomic mass is 16.7. The molecule has 9 heteroatoms. The lowest BCUT2D eigenvalue weighted by atomic mass is 9.87. The zero-order chi connectivity index (χ0) is 23.4. The van der Waals surface area contributed by atoms with Crippen LogP contribution in [0, 0.1) is 13.8 Å². The summed E-state index contributed by atoms with van der Waals surface area (Å²) in [5, 5.41) is 13.7. The Kier molecular flexibility index (Phi) is 4.93. The number of likely N-dealkylation sites (N-methyl/N-ethyl adjacent to an activating group) is 1. The van der Waals surface area contributed by atoms with Crippen molar-refractivity contribution in [2.24, 2.45) is 0 Å². The van der Waals surface area contributed by atoms with Crippen LogP contribution in [0.4, 0.5) is 0 Å². The first-order chi connectivity index (χ1) is 15.8. The molecule has 0 spiro atoms. The number of aryl methyl sites for hydroxylation is 2. The molecule has 2 aliphatic rings. The van der Waals surface area contributed by atoms with E-state index in [4.69, 9.17) is 14.2 Å². The fourth-order valence-corrected chi connectivity index (χ4v) is 4.80. The molecule has 172 valence electrons. The predicted molar refractivity (Wildman–Crippen MR) is 118 cm³/mol. The van der Waals surface area contributed by atoms with E-state index in [2.05, 4.69) is 4.98 Å². The van der Waals surface area contributed by atoms with E-state index >= 15 is 0 Å². The highest BCUT2D eigenvalue weighted by molar-refractivity contribution is 5.63. The molecule has 5 rings (SSSR count). The molecular formula is C24H25N3O6. The molecule has 0 aliphatic carbocycles. The maximum atomic E-state index is 13.7. The number of benzene rings is 2. The van der Waals surface area contributed by atoms with Crippen LogP contribution in [0.2, 0.25) is 0 Å². The number of fused-ring (bicyclic) bond motifs is 2. The lowest BCUT2D eigenvalue weighted by molar-refractivity contribution is -0.908. The molecule has 9 nitrogen and oxygen atoms in total. The summed E-state index contributed by atoms with van der Waals surface area (Å²) in [6.07, 6.45) is 0.716. The van der Waals surface area contributed by atoms with Crippen LogP contribution in [0.25, 0.3) is 5.69 Å². The van der Waals surface area contributed by atoms with Crippen molar-refractivity contribution in [1.29, 1.82) is 0 Å². The van der Waals surface area contributed by atoms with Crippen molar-refractivity contribution in [1.82, 2.24) is 9.55 Å². The van der Waals surface area contributed by atoms with Gasteiger partial charge in [0.25, 0.3) is 5.56 Å². The molecule has 0 fully saturated rings. The van der Waals surface area contributed by atoms with Crippen molar-refractivity contribution < 1.29 is 24.2 Å². The zero-order valence-electron chi connectivity index (χ0n) is 18.9. The minimum Gasteiger partial charge on any atom is -0.859 e. The molecule has 2 aliphatic heterocycles. The van der Waals surface area contributed by atoms with Gasteiger partial charge in [0.15, 0.2) is 11.5 Å². The molecule has 0 amide bonds. The number of nitrogens with one attached hydrogen (secondary N) is 2. The second-order valence-electron chi connectivity index (χ2n) is 8.58. The van der Waals surface area contributed by atoms with Gasteiger partial charge in [-0.15, -0.1) is 0 Å². The summed E-state index contributed by atoms with van der Waals surface area (Å²) in [6.45, 7) is 4.62. The molecule has 0 bridgehead atoms. The van der Waals surface area contributed by atoms with E-state index in [-0.39, 0.29) is 12.4 Å². The zero-order valence-corrected chi connectivity index (χ0v) is 18.9. The van der Waals surface area contributed by atoms with Crippen LogP contribution in [-0.4, -0.2) is 37.0 Å². The SMILES string of the molecule is COc1c2c(cc3c1C(c1c([O-])n(-c4ccc(C)c(C)c4)c(=O)[nH]c1=O)[NH+](C)CC3)OCO2. The standard InChI is InChI=1S/C24H25N3O6/c1-12-5-6-15(9-13(12)2)27-23(29)18(22(28)25-24(27)30)19-17-14(7-8-26(19)3)10-16-20(21(17)31-4)33-11-32-16/h5-6,9-10,19,29H,7-8,11H2,1-4H3,(H,25,28,30). The van der Waals surface area contributed by atoms with Gasteiger partial charge in [0.1, 0.15) is 6.04 Å². The van der Waals surface area contributed by atoms with E-state index in [0.29, 0.717) is 41.5 Å². The number of hydrogen-bond donors (Lipinski definition) is 2. The maximum Gasteiger partial charge on any atom is 0.332 e. The fourth-order valence-electron chi connectivity index (χ4n) is 4.80. The molecule has 2 unspecified atom stereocenters. The van der Waals surface area contributed by atoms with Gasteiger partial charge >= 0.3 is 5.69 Å². The Hall–Kier alpha value is -3.72. The molecule has 33 heavy (non-hydrogen) atoms. The Bertz CT molecular complexity index is 1390. The Morgan fingerprint density at radius 3 is 2.67 bits per heavy atom. The predicted octanol–water partition coefficient (Wildman–Crippen LogP) is 0.114. The van der Waals surface area contributed by atoms with Gasteiger partial charge in [0.05, 0.1) is 31.8 Å². The normalized spacial score (nSPS) is 18.8. The number of ether oxygens (including phenoxy) is 3. The van der Waals surface area contributed by atoms with Gasteiger partial charge in [-0.3, -0.25) is 14.3 Å². The van der Waals surface area contributed by atoms with Crippen LogP contribution in [0.15, 0.2) is 33.9 Å². The second-order valence-corrected chi connectivity index (χ2v) is 8.58. The largest absolute Gasteiger partial charge is 0.859 e. The van der Waals surface area contributed by atoms with Crippen molar-refractivity contribution in [3.05, 3.63) is 72.9 Å². The highest BCUT2D eigenvalue weighted by Gasteiger charge is 2.39. The Labute approximate surface area is 189 Å². The third kappa shape index (κ3) is 3.19.